The van der Waals surface area contributed by atoms with Crippen LogP contribution in [0.3, 0.4) is 0 Å². The van der Waals surface area contributed by atoms with Crippen molar-refractivity contribution in [3.8, 4) is 0 Å². The standard InChI is InChI=1S/C17H18O2/c1-10-4-6-14(17(18)19-3)13-7-5-12(9-16(10)13)15-8-11(15)2/h4-7,9,11,15H,8H2,1-3H3/t11?,15-/m0/s1. The lowest BCUT2D eigenvalue weighted by Gasteiger charge is -2.09. The zero-order valence-electron chi connectivity index (χ0n) is 11.6. The summed E-state index contributed by atoms with van der Waals surface area (Å²) >= 11 is 0. The molecule has 1 aliphatic rings. The third-order valence-corrected chi connectivity index (χ3v) is 4.20. The molecule has 19 heavy (non-hydrogen) atoms. The number of hydrogen-bond donors (Lipinski definition) is 0. The maximum atomic E-state index is 11.8. The van der Waals surface area contributed by atoms with Gasteiger partial charge in [-0.2, -0.15) is 0 Å². The van der Waals surface area contributed by atoms with E-state index in [1.165, 1.54) is 30.0 Å². The maximum Gasteiger partial charge on any atom is 0.338 e. The Labute approximate surface area is 113 Å². The van der Waals surface area contributed by atoms with Crippen LogP contribution < -0.4 is 0 Å². The lowest BCUT2D eigenvalue weighted by atomic mass is 9.96. The fourth-order valence-electron chi connectivity index (χ4n) is 2.82. The van der Waals surface area contributed by atoms with Gasteiger partial charge in [-0.3, -0.25) is 0 Å². The van der Waals surface area contributed by atoms with Crippen molar-refractivity contribution in [1.82, 2.24) is 0 Å². The number of hydrogen-bond acceptors (Lipinski definition) is 2. The zero-order chi connectivity index (χ0) is 13.6. The van der Waals surface area contributed by atoms with Gasteiger partial charge in [0, 0.05) is 0 Å². The van der Waals surface area contributed by atoms with Gasteiger partial charge in [-0.25, -0.2) is 4.79 Å². The van der Waals surface area contributed by atoms with Gasteiger partial charge in [0.25, 0.3) is 0 Å². The Morgan fingerprint density at radius 2 is 1.95 bits per heavy atom. The maximum absolute atomic E-state index is 11.8. The van der Waals surface area contributed by atoms with Crippen molar-refractivity contribution >= 4 is 16.7 Å². The SMILES string of the molecule is COC(=O)c1ccc(C)c2cc([C@H]3CC3C)ccc12. The predicted octanol–water partition coefficient (Wildman–Crippen LogP) is 4.06. The van der Waals surface area contributed by atoms with Crippen LogP contribution in [-0.2, 0) is 4.74 Å². The van der Waals surface area contributed by atoms with Crippen LogP contribution in [0.15, 0.2) is 30.3 Å². The molecule has 0 heterocycles. The van der Waals surface area contributed by atoms with Crippen LogP contribution in [0.5, 0.6) is 0 Å². The number of aryl methyl sites for hydroxylation is 1. The summed E-state index contributed by atoms with van der Waals surface area (Å²) in [6.07, 6.45) is 1.28. The summed E-state index contributed by atoms with van der Waals surface area (Å²) in [5.74, 6) is 1.23. The Kier molecular flexibility index (Phi) is 2.81. The molecule has 2 heteroatoms. The number of rotatable bonds is 2. The normalized spacial score (nSPS) is 21.4. The van der Waals surface area contributed by atoms with Crippen molar-refractivity contribution in [2.45, 2.75) is 26.2 Å². The van der Waals surface area contributed by atoms with E-state index in [1.807, 2.05) is 12.1 Å². The molecule has 1 unspecified atom stereocenters. The van der Waals surface area contributed by atoms with Gasteiger partial charge in [-0.05, 0) is 53.1 Å². The predicted molar refractivity (Wildman–Crippen MR) is 76.5 cm³/mol. The molecule has 0 bridgehead atoms. The summed E-state index contributed by atoms with van der Waals surface area (Å²) in [5.41, 5.74) is 3.25. The van der Waals surface area contributed by atoms with E-state index in [0.29, 0.717) is 11.5 Å². The van der Waals surface area contributed by atoms with Gasteiger partial charge >= 0.3 is 5.97 Å². The number of fused-ring (bicyclic) bond motifs is 1. The van der Waals surface area contributed by atoms with Crippen LogP contribution in [0.4, 0.5) is 0 Å². The molecule has 3 rings (SSSR count). The molecule has 2 atom stereocenters. The molecule has 0 spiro atoms. The highest BCUT2D eigenvalue weighted by atomic mass is 16.5. The first kappa shape index (κ1) is 12.2. The monoisotopic (exact) mass is 254 g/mol. The summed E-state index contributed by atoms with van der Waals surface area (Å²) in [4.78, 5) is 11.8. The molecule has 2 aromatic carbocycles. The van der Waals surface area contributed by atoms with Gasteiger partial charge in [-0.1, -0.05) is 31.2 Å². The van der Waals surface area contributed by atoms with E-state index < -0.39 is 0 Å². The number of carbonyl (C=O) groups is 1. The number of benzene rings is 2. The molecule has 0 aromatic heterocycles. The minimum Gasteiger partial charge on any atom is -0.465 e. The number of esters is 1. The van der Waals surface area contributed by atoms with E-state index in [1.54, 1.807) is 0 Å². The molecule has 1 aliphatic carbocycles. The van der Waals surface area contributed by atoms with Crippen LogP contribution in [0.2, 0.25) is 0 Å². The Hall–Kier alpha value is -1.83. The van der Waals surface area contributed by atoms with E-state index in [0.717, 1.165) is 11.3 Å². The second-order valence-corrected chi connectivity index (χ2v) is 5.55. The van der Waals surface area contributed by atoms with Crippen LogP contribution in [0.1, 0.15) is 40.7 Å². The van der Waals surface area contributed by atoms with E-state index in [2.05, 4.69) is 32.0 Å². The quantitative estimate of drug-likeness (QED) is 0.755. The summed E-state index contributed by atoms with van der Waals surface area (Å²) in [6, 6.07) is 10.3. The minimum atomic E-state index is -0.266. The van der Waals surface area contributed by atoms with Crippen molar-refractivity contribution < 1.29 is 9.53 Å². The van der Waals surface area contributed by atoms with Crippen molar-refractivity contribution in [3.63, 3.8) is 0 Å². The largest absolute Gasteiger partial charge is 0.465 e. The molecule has 0 aliphatic heterocycles. The van der Waals surface area contributed by atoms with Gasteiger partial charge in [-0.15, -0.1) is 0 Å². The topological polar surface area (TPSA) is 26.3 Å². The van der Waals surface area contributed by atoms with E-state index in [9.17, 15) is 4.79 Å². The van der Waals surface area contributed by atoms with Crippen LogP contribution >= 0.6 is 0 Å². The lowest BCUT2D eigenvalue weighted by Crippen LogP contribution is -2.02. The molecule has 2 aromatic rings. The summed E-state index contributed by atoms with van der Waals surface area (Å²) < 4.78 is 4.85. The van der Waals surface area contributed by atoms with Crippen molar-refractivity contribution in [1.29, 1.82) is 0 Å². The van der Waals surface area contributed by atoms with Crippen molar-refractivity contribution in [3.05, 3.63) is 47.0 Å². The second kappa shape index (κ2) is 4.37. The Morgan fingerprint density at radius 1 is 1.21 bits per heavy atom. The Morgan fingerprint density at radius 3 is 2.58 bits per heavy atom. The first-order valence-electron chi connectivity index (χ1n) is 6.73. The molecule has 0 saturated heterocycles. The molecule has 0 radical (unpaired) electrons. The highest BCUT2D eigenvalue weighted by molar-refractivity contribution is 6.05. The van der Waals surface area contributed by atoms with Gasteiger partial charge < -0.3 is 4.74 Å². The first-order chi connectivity index (χ1) is 9.11. The number of carbonyl (C=O) groups excluding carboxylic acids is 1. The molecule has 1 fully saturated rings. The molecular formula is C17H18O2. The fraction of sp³-hybridized carbons (Fsp3) is 0.353. The Balaban J connectivity index is 2.17. The molecule has 2 nitrogen and oxygen atoms in total. The van der Waals surface area contributed by atoms with Crippen LogP contribution in [0, 0.1) is 12.8 Å². The highest BCUT2D eigenvalue weighted by Gasteiger charge is 2.34. The molecule has 0 N–H and O–H groups in total. The van der Waals surface area contributed by atoms with Gasteiger partial charge in [0.05, 0.1) is 12.7 Å². The van der Waals surface area contributed by atoms with Crippen LogP contribution in [0.25, 0.3) is 10.8 Å². The molecular weight excluding hydrogens is 236 g/mol. The van der Waals surface area contributed by atoms with Crippen molar-refractivity contribution in [2.75, 3.05) is 7.11 Å². The summed E-state index contributed by atoms with van der Waals surface area (Å²) in [5, 5.41) is 2.16. The second-order valence-electron chi connectivity index (χ2n) is 5.55. The molecule has 1 saturated carbocycles. The average Bonchev–Trinajstić information content (AvgIpc) is 3.15. The van der Waals surface area contributed by atoms with E-state index in [4.69, 9.17) is 4.74 Å². The molecule has 98 valence electrons. The van der Waals surface area contributed by atoms with E-state index >= 15 is 0 Å². The lowest BCUT2D eigenvalue weighted by molar-refractivity contribution is 0.0603. The third-order valence-electron chi connectivity index (χ3n) is 4.20. The first-order valence-corrected chi connectivity index (χ1v) is 6.73. The van der Waals surface area contributed by atoms with Gasteiger partial charge in [0.1, 0.15) is 0 Å². The Bertz CT molecular complexity index is 658. The zero-order valence-corrected chi connectivity index (χ0v) is 11.6. The van der Waals surface area contributed by atoms with Crippen molar-refractivity contribution in [2.24, 2.45) is 5.92 Å². The smallest absolute Gasteiger partial charge is 0.338 e. The number of methoxy groups -OCH3 is 1. The molecule has 0 amide bonds. The van der Waals surface area contributed by atoms with Gasteiger partial charge in [0.15, 0.2) is 0 Å². The highest BCUT2D eigenvalue weighted by Crippen LogP contribution is 2.47. The van der Waals surface area contributed by atoms with E-state index in [-0.39, 0.29) is 5.97 Å². The fourth-order valence-corrected chi connectivity index (χ4v) is 2.82. The third kappa shape index (κ3) is 2.01. The van der Waals surface area contributed by atoms with Crippen LogP contribution in [-0.4, -0.2) is 13.1 Å². The minimum absolute atomic E-state index is 0.266. The number of ether oxygens (including phenoxy) is 1. The van der Waals surface area contributed by atoms with Gasteiger partial charge in [0.2, 0.25) is 0 Å². The average molecular weight is 254 g/mol. The summed E-state index contributed by atoms with van der Waals surface area (Å²) in [6.45, 7) is 4.37. The summed E-state index contributed by atoms with van der Waals surface area (Å²) in [7, 11) is 1.42.